The molecule has 1 heterocycles. The molecule has 1 rings (SSSR count). The summed E-state index contributed by atoms with van der Waals surface area (Å²) in [5, 5.41) is 0.503. The number of hydrogen-bond donors (Lipinski definition) is 0. The maximum absolute atomic E-state index is 5.71. The van der Waals surface area contributed by atoms with E-state index in [0.717, 1.165) is 14.4 Å². The van der Waals surface area contributed by atoms with E-state index in [1.807, 2.05) is 6.07 Å². The fourth-order valence-corrected chi connectivity index (χ4v) is 2.28. The Morgan fingerprint density at radius 2 is 2.36 bits per heavy atom. The van der Waals surface area contributed by atoms with E-state index in [1.165, 1.54) is 11.3 Å². The van der Waals surface area contributed by atoms with Crippen LogP contribution in [0.15, 0.2) is 21.4 Å². The minimum absolute atomic E-state index is 0.503. The van der Waals surface area contributed by atoms with E-state index in [0.29, 0.717) is 5.03 Å². The Morgan fingerprint density at radius 3 is 2.73 bits per heavy atom. The first-order valence-corrected chi connectivity index (χ1v) is 4.74. The maximum Gasteiger partial charge on any atom is 0.0829 e. The minimum Gasteiger partial charge on any atom is -0.263 e. The lowest BCUT2D eigenvalue weighted by atomic mass is 10.4. The van der Waals surface area contributed by atoms with E-state index in [4.69, 9.17) is 11.6 Å². The summed E-state index contributed by atoms with van der Waals surface area (Å²) >= 11 is 10.5. The SMILES string of the molecule is C=Nc1cc(Br)sc1C(=C)Cl. The van der Waals surface area contributed by atoms with E-state index < -0.39 is 0 Å². The summed E-state index contributed by atoms with van der Waals surface area (Å²) in [4.78, 5) is 4.67. The third kappa shape index (κ3) is 1.92. The van der Waals surface area contributed by atoms with Gasteiger partial charge in [-0.3, -0.25) is 4.99 Å². The van der Waals surface area contributed by atoms with Gasteiger partial charge in [-0.1, -0.05) is 18.2 Å². The fraction of sp³-hybridized carbons (Fsp3) is 0. The van der Waals surface area contributed by atoms with Gasteiger partial charge in [0.15, 0.2) is 0 Å². The van der Waals surface area contributed by atoms with E-state index in [9.17, 15) is 0 Å². The molecule has 1 aromatic heterocycles. The molecule has 0 spiro atoms. The van der Waals surface area contributed by atoms with Crippen LogP contribution in [0.5, 0.6) is 0 Å². The molecule has 0 fully saturated rings. The van der Waals surface area contributed by atoms with Crippen LogP contribution < -0.4 is 0 Å². The van der Waals surface area contributed by atoms with Gasteiger partial charge < -0.3 is 0 Å². The van der Waals surface area contributed by atoms with Crippen molar-refractivity contribution in [3.8, 4) is 0 Å². The van der Waals surface area contributed by atoms with Crippen LogP contribution in [0.3, 0.4) is 0 Å². The van der Waals surface area contributed by atoms with Crippen molar-refractivity contribution >= 4 is 56.3 Å². The molecule has 0 unspecified atom stereocenters. The highest BCUT2D eigenvalue weighted by Crippen LogP contribution is 2.38. The first kappa shape index (κ1) is 8.97. The molecule has 11 heavy (non-hydrogen) atoms. The van der Waals surface area contributed by atoms with Crippen molar-refractivity contribution in [3.63, 3.8) is 0 Å². The number of aliphatic imine (C=N–C) groups is 1. The van der Waals surface area contributed by atoms with E-state index in [-0.39, 0.29) is 0 Å². The Balaban J connectivity index is 3.22. The van der Waals surface area contributed by atoms with Crippen molar-refractivity contribution in [3.05, 3.63) is 21.3 Å². The van der Waals surface area contributed by atoms with Gasteiger partial charge in [-0.15, -0.1) is 11.3 Å². The van der Waals surface area contributed by atoms with Crippen LogP contribution in [0.25, 0.3) is 5.03 Å². The van der Waals surface area contributed by atoms with Gasteiger partial charge in [0.2, 0.25) is 0 Å². The zero-order chi connectivity index (χ0) is 8.43. The predicted molar refractivity (Wildman–Crippen MR) is 56.1 cm³/mol. The van der Waals surface area contributed by atoms with Gasteiger partial charge in [-0.05, 0) is 28.7 Å². The zero-order valence-corrected chi connectivity index (χ0v) is 8.76. The Kier molecular flexibility index (Phi) is 2.87. The number of nitrogens with zero attached hydrogens (tertiary/aromatic N) is 1. The topological polar surface area (TPSA) is 12.4 Å². The van der Waals surface area contributed by atoms with Gasteiger partial charge in [0.05, 0.1) is 19.4 Å². The summed E-state index contributed by atoms with van der Waals surface area (Å²) in [5.74, 6) is 0. The Morgan fingerprint density at radius 1 is 1.73 bits per heavy atom. The van der Waals surface area contributed by atoms with Crippen molar-refractivity contribution in [2.75, 3.05) is 0 Å². The molecular formula is C7H5BrClNS. The molecule has 0 aliphatic rings. The minimum atomic E-state index is 0.503. The van der Waals surface area contributed by atoms with Crippen LogP contribution in [0.4, 0.5) is 5.69 Å². The highest BCUT2D eigenvalue weighted by molar-refractivity contribution is 9.11. The second-order valence-electron chi connectivity index (χ2n) is 1.83. The Bertz CT molecular complexity index is 305. The fourth-order valence-electron chi connectivity index (χ4n) is 0.664. The standard InChI is InChI=1S/C7H5BrClNS/c1-4(9)7-5(10-2)3-6(8)11-7/h3H,1-2H2. The van der Waals surface area contributed by atoms with Gasteiger partial charge in [0.25, 0.3) is 0 Å². The molecule has 0 aromatic carbocycles. The molecule has 0 N–H and O–H groups in total. The highest BCUT2D eigenvalue weighted by atomic mass is 79.9. The Hall–Kier alpha value is -0.120. The largest absolute Gasteiger partial charge is 0.263 e. The number of halogens is 2. The number of thiophene rings is 1. The van der Waals surface area contributed by atoms with Crippen molar-refractivity contribution in [1.82, 2.24) is 0 Å². The van der Waals surface area contributed by atoms with Crippen molar-refractivity contribution in [1.29, 1.82) is 0 Å². The van der Waals surface area contributed by atoms with Gasteiger partial charge in [0.1, 0.15) is 0 Å². The first-order chi connectivity index (χ1) is 5.15. The lowest BCUT2D eigenvalue weighted by Gasteiger charge is -1.91. The van der Waals surface area contributed by atoms with Gasteiger partial charge in [0, 0.05) is 0 Å². The summed E-state index contributed by atoms with van der Waals surface area (Å²) in [6.07, 6.45) is 0. The molecule has 0 saturated heterocycles. The second kappa shape index (κ2) is 3.52. The normalized spacial score (nSPS) is 9.64. The van der Waals surface area contributed by atoms with Crippen LogP contribution in [0, 0.1) is 0 Å². The molecule has 0 atom stereocenters. The van der Waals surface area contributed by atoms with Crippen LogP contribution in [0.1, 0.15) is 4.88 Å². The molecule has 58 valence electrons. The lowest BCUT2D eigenvalue weighted by Crippen LogP contribution is -1.64. The summed E-state index contributed by atoms with van der Waals surface area (Å²) < 4.78 is 0.983. The quantitative estimate of drug-likeness (QED) is 0.702. The number of rotatable bonds is 2. The molecule has 0 aliphatic heterocycles. The Labute approximate surface area is 82.5 Å². The van der Waals surface area contributed by atoms with Crippen LogP contribution in [-0.4, -0.2) is 6.72 Å². The first-order valence-electron chi connectivity index (χ1n) is 2.76. The third-order valence-corrected chi connectivity index (χ3v) is 3.09. The molecule has 0 amide bonds. The smallest absolute Gasteiger partial charge is 0.0829 e. The van der Waals surface area contributed by atoms with Crippen molar-refractivity contribution in [2.45, 2.75) is 0 Å². The van der Waals surface area contributed by atoms with Crippen LogP contribution in [0.2, 0.25) is 0 Å². The third-order valence-electron chi connectivity index (χ3n) is 1.10. The van der Waals surface area contributed by atoms with E-state index >= 15 is 0 Å². The molecule has 4 heteroatoms. The average molecular weight is 251 g/mol. The number of hydrogen-bond acceptors (Lipinski definition) is 2. The van der Waals surface area contributed by atoms with Gasteiger partial charge in [-0.25, -0.2) is 0 Å². The molecule has 1 aromatic rings. The average Bonchev–Trinajstić information content (AvgIpc) is 2.30. The lowest BCUT2D eigenvalue weighted by molar-refractivity contribution is 1.60. The van der Waals surface area contributed by atoms with Crippen molar-refractivity contribution < 1.29 is 0 Å². The summed E-state index contributed by atoms with van der Waals surface area (Å²) in [6.45, 7) is 7.04. The maximum atomic E-state index is 5.71. The van der Waals surface area contributed by atoms with Gasteiger partial charge in [-0.2, -0.15) is 0 Å². The highest BCUT2D eigenvalue weighted by Gasteiger charge is 2.07. The molecule has 0 aliphatic carbocycles. The van der Waals surface area contributed by atoms with Crippen LogP contribution >= 0.6 is 38.9 Å². The van der Waals surface area contributed by atoms with E-state index in [2.05, 4.69) is 34.2 Å². The molecule has 0 radical (unpaired) electrons. The second-order valence-corrected chi connectivity index (χ2v) is 4.72. The monoisotopic (exact) mass is 249 g/mol. The summed E-state index contributed by atoms with van der Waals surface area (Å²) in [5.41, 5.74) is 0.780. The molecular weight excluding hydrogens is 246 g/mol. The molecule has 0 bridgehead atoms. The van der Waals surface area contributed by atoms with Crippen molar-refractivity contribution in [2.24, 2.45) is 4.99 Å². The molecule has 1 nitrogen and oxygen atoms in total. The van der Waals surface area contributed by atoms with Crippen LogP contribution in [-0.2, 0) is 0 Å². The predicted octanol–water partition coefficient (Wildman–Crippen LogP) is 4.05. The van der Waals surface area contributed by atoms with E-state index in [1.54, 1.807) is 0 Å². The summed E-state index contributed by atoms with van der Waals surface area (Å²) in [6, 6.07) is 1.86. The summed E-state index contributed by atoms with van der Waals surface area (Å²) in [7, 11) is 0. The zero-order valence-electron chi connectivity index (χ0n) is 5.60. The van der Waals surface area contributed by atoms with Gasteiger partial charge >= 0.3 is 0 Å². The molecule has 0 saturated carbocycles.